The molecule has 5 nitrogen and oxygen atoms in total. The Morgan fingerprint density at radius 2 is 2.00 bits per heavy atom. The Hall–Kier alpha value is -1.11. The first-order valence-electron chi connectivity index (χ1n) is 11.9. The van der Waals surface area contributed by atoms with E-state index in [1.807, 2.05) is 12.2 Å². The van der Waals surface area contributed by atoms with Crippen LogP contribution in [0, 0.1) is 17.8 Å². The van der Waals surface area contributed by atoms with Gasteiger partial charge >= 0.3 is 5.97 Å². The molecular formula is C25H40O5S. The summed E-state index contributed by atoms with van der Waals surface area (Å²) in [5.41, 5.74) is -0.609. The lowest BCUT2D eigenvalue weighted by Crippen LogP contribution is -2.30. The number of rotatable bonds is 16. The summed E-state index contributed by atoms with van der Waals surface area (Å²) in [5.74, 6) is 0.568. The summed E-state index contributed by atoms with van der Waals surface area (Å²) in [4.78, 5) is 23.3. The van der Waals surface area contributed by atoms with E-state index in [2.05, 4.69) is 19.1 Å². The van der Waals surface area contributed by atoms with E-state index in [9.17, 15) is 19.8 Å². The van der Waals surface area contributed by atoms with Crippen LogP contribution in [0.25, 0.3) is 0 Å². The van der Waals surface area contributed by atoms with Gasteiger partial charge in [-0.3, -0.25) is 9.59 Å². The van der Waals surface area contributed by atoms with Crippen LogP contribution in [-0.4, -0.2) is 50.3 Å². The number of carbonyl (C=O) groups is 2. The maximum Gasteiger partial charge on any atom is 0.303 e. The lowest BCUT2D eigenvalue weighted by Gasteiger charge is -2.27. The molecule has 0 saturated heterocycles. The van der Waals surface area contributed by atoms with Crippen LogP contribution in [0.1, 0.15) is 77.6 Å². The molecule has 0 aliphatic heterocycles. The van der Waals surface area contributed by atoms with Crippen LogP contribution in [-0.2, 0) is 9.59 Å². The minimum absolute atomic E-state index is 0.0761. The van der Waals surface area contributed by atoms with E-state index >= 15 is 0 Å². The molecule has 0 spiro atoms. The number of aliphatic hydroxyl groups excluding tert-OH is 1. The van der Waals surface area contributed by atoms with Crippen LogP contribution in [0.3, 0.4) is 0 Å². The third-order valence-corrected chi connectivity index (χ3v) is 7.91. The number of aliphatic carboxylic acids is 1. The average Bonchev–Trinajstić information content (AvgIpc) is 3.55. The van der Waals surface area contributed by atoms with E-state index < -0.39 is 11.6 Å². The Balaban J connectivity index is 1.98. The molecular weight excluding hydrogens is 412 g/mol. The van der Waals surface area contributed by atoms with Gasteiger partial charge in [-0.2, -0.15) is 11.8 Å². The molecule has 0 radical (unpaired) electrons. The molecule has 31 heavy (non-hydrogen) atoms. The van der Waals surface area contributed by atoms with Gasteiger partial charge in [0.25, 0.3) is 0 Å². The molecule has 0 aromatic carbocycles. The van der Waals surface area contributed by atoms with Crippen molar-refractivity contribution < 1.29 is 24.9 Å². The number of carbonyl (C=O) groups excluding carboxylic acids is 1. The van der Waals surface area contributed by atoms with Gasteiger partial charge in [0.05, 0.1) is 12.2 Å². The number of Topliss-reactive ketones (excluding diaryl/α,β-unsaturated/α-hetero) is 1. The number of carboxylic acid groups (broad SMARTS) is 1. The molecule has 1 unspecified atom stereocenters. The molecule has 2 saturated carbocycles. The van der Waals surface area contributed by atoms with Crippen LogP contribution in [0.2, 0.25) is 0 Å². The van der Waals surface area contributed by atoms with E-state index in [1.54, 1.807) is 11.8 Å². The van der Waals surface area contributed by atoms with Crippen molar-refractivity contribution in [1.82, 2.24) is 0 Å². The molecule has 4 atom stereocenters. The van der Waals surface area contributed by atoms with Crippen molar-refractivity contribution in [3.8, 4) is 0 Å². The monoisotopic (exact) mass is 452 g/mol. The first kappa shape index (κ1) is 26.1. The first-order chi connectivity index (χ1) is 14.9. The number of carboxylic acids is 1. The van der Waals surface area contributed by atoms with E-state index in [4.69, 9.17) is 5.11 Å². The molecule has 2 aliphatic carbocycles. The van der Waals surface area contributed by atoms with Crippen LogP contribution in [0.15, 0.2) is 24.3 Å². The summed E-state index contributed by atoms with van der Waals surface area (Å²) < 4.78 is 0. The van der Waals surface area contributed by atoms with Gasteiger partial charge in [0, 0.05) is 29.8 Å². The SMILES string of the molecule is CCCCC(O)(CC=C[C@H]1[C@H](SCCO)CC(=O)[C@@H]1CC=CCCCC(=O)O)C1CC1. The molecule has 0 amide bonds. The van der Waals surface area contributed by atoms with E-state index in [0.717, 1.165) is 32.1 Å². The smallest absolute Gasteiger partial charge is 0.303 e. The number of allylic oxidation sites excluding steroid dienone is 3. The van der Waals surface area contributed by atoms with Gasteiger partial charge in [0.2, 0.25) is 0 Å². The van der Waals surface area contributed by atoms with Crippen molar-refractivity contribution in [3.05, 3.63) is 24.3 Å². The normalized spacial score (nSPS) is 26.2. The lowest BCUT2D eigenvalue weighted by atomic mass is 9.86. The first-order valence-corrected chi connectivity index (χ1v) is 13.0. The van der Waals surface area contributed by atoms with Gasteiger partial charge in [-0.05, 0) is 56.8 Å². The Kier molecular flexibility index (Phi) is 11.3. The fraction of sp³-hybridized carbons (Fsp3) is 0.760. The van der Waals surface area contributed by atoms with Crippen LogP contribution in [0.5, 0.6) is 0 Å². The van der Waals surface area contributed by atoms with Crippen molar-refractivity contribution in [3.63, 3.8) is 0 Å². The highest BCUT2D eigenvalue weighted by atomic mass is 32.2. The summed E-state index contributed by atoms with van der Waals surface area (Å²) in [5, 5.41) is 29.3. The number of hydrogen-bond acceptors (Lipinski definition) is 5. The number of unbranched alkanes of at least 4 members (excludes halogenated alkanes) is 2. The molecule has 0 aromatic heterocycles. The zero-order valence-corrected chi connectivity index (χ0v) is 19.7. The van der Waals surface area contributed by atoms with Gasteiger partial charge in [0.15, 0.2) is 0 Å². The second-order valence-electron chi connectivity index (χ2n) is 9.09. The predicted octanol–water partition coefficient (Wildman–Crippen LogP) is 4.76. The highest BCUT2D eigenvalue weighted by Crippen LogP contribution is 2.45. The molecule has 2 fully saturated rings. The number of thioether (sulfide) groups is 1. The second kappa shape index (κ2) is 13.4. The highest BCUT2D eigenvalue weighted by molar-refractivity contribution is 8.00. The van der Waals surface area contributed by atoms with E-state index in [-0.39, 0.29) is 35.9 Å². The third-order valence-electron chi connectivity index (χ3n) is 6.58. The zero-order valence-electron chi connectivity index (χ0n) is 18.9. The van der Waals surface area contributed by atoms with Crippen LogP contribution in [0.4, 0.5) is 0 Å². The zero-order chi connectivity index (χ0) is 22.7. The minimum atomic E-state index is -0.779. The fourth-order valence-corrected chi connectivity index (χ4v) is 5.81. The molecule has 6 heteroatoms. The quantitative estimate of drug-likeness (QED) is 0.231. The fourth-order valence-electron chi connectivity index (χ4n) is 4.62. The van der Waals surface area contributed by atoms with Crippen molar-refractivity contribution in [2.75, 3.05) is 12.4 Å². The van der Waals surface area contributed by atoms with Gasteiger partial charge in [-0.25, -0.2) is 0 Å². The summed E-state index contributed by atoms with van der Waals surface area (Å²) in [6.45, 7) is 2.26. The number of hydrogen-bond donors (Lipinski definition) is 3. The van der Waals surface area contributed by atoms with Gasteiger partial charge in [0.1, 0.15) is 5.78 Å². The molecule has 0 bridgehead atoms. The average molecular weight is 453 g/mol. The Morgan fingerprint density at radius 1 is 1.23 bits per heavy atom. The Labute approximate surface area is 191 Å². The number of ketones is 1. The lowest BCUT2D eigenvalue weighted by molar-refractivity contribution is -0.137. The Morgan fingerprint density at radius 3 is 2.65 bits per heavy atom. The summed E-state index contributed by atoms with van der Waals surface area (Å²) in [6.07, 6.45) is 16.8. The van der Waals surface area contributed by atoms with Gasteiger partial charge in [-0.1, -0.05) is 44.1 Å². The Bertz CT molecular complexity index is 627. The third kappa shape index (κ3) is 8.74. The van der Waals surface area contributed by atoms with Gasteiger partial charge < -0.3 is 15.3 Å². The predicted molar refractivity (Wildman–Crippen MR) is 126 cm³/mol. The van der Waals surface area contributed by atoms with Crippen molar-refractivity contribution >= 4 is 23.5 Å². The van der Waals surface area contributed by atoms with Crippen molar-refractivity contribution in [2.24, 2.45) is 17.8 Å². The standard InChI is InChI=1S/C25H40O5S/c1-2-3-14-25(30,19-12-13-19)15-8-10-21-20(9-6-4-5-7-11-24(28)29)22(27)18-23(21)31-17-16-26/h4,6,8,10,19-21,23,26,30H,2-3,5,7,9,11-18H2,1H3,(H,28,29)/t20-,21-,23-,25?/m1/s1. The maximum absolute atomic E-state index is 12.7. The molecule has 2 rings (SSSR count). The van der Waals surface area contributed by atoms with E-state index in [0.29, 0.717) is 43.8 Å². The maximum atomic E-state index is 12.7. The molecule has 3 N–H and O–H groups in total. The topological polar surface area (TPSA) is 94.8 Å². The summed E-state index contributed by atoms with van der Waals surface area (Å²) in [7, 11) is 0. The van der Waals surface area contributed by atoms with Gasteiger partial charge in [-0.15, -0.1) is 0 Å². The molecule has 0 heterocycles. The second-order valence-corrected chi connectivity index (χ2v) is 10.4. The van der Waals surface area contributed by atoms with Crippen LogP contribution >= 0.6 is 11.8 Å². The minimum Gasteiger partial charge on any atom is -0.481 e. The largest absolute Gasteiger partial charge is 0.481 e. The molecule has 2 aliphatic rings. The van der Waals surface area contributed by atoms with Crippen molar-refractivity contribution in [1.29, 1.82) is 0 Å². The molecule has 0 aromatic rings. The van der Waals surface area contributed by atoms with E-state index in [1.165, 1.54) is 0 Å². The van der Waals surface area contributed by atoms with Crippen LogP contribution < -0.4 is 0 Å². The summed E-state index contributed by atoms with van der Waals surface area (Å²) in [6, 6.07) is 0. The van der Waals surface area contributed by atoms with Crippen molar-refractivity contribution in [2.45, 2.75) is 88.4 Å². The number of aliphatic hydroxyl groups is 2. The summed E-state index contributed by atoms with van der Waals surface area (Å²) >= 11 is 1.67. The molecule has 176 valence electrons. The highest BCUT2D eigenvalue weighted by Gasteiger charge is 2.43.